The molecule has 0 aliphatic heterocycles. The molecule has 7 heteroatoms. The molecule has 0 radical (unpaired) electrons. The molecule has 7 nitrogen and oxygen atoms in total. The molecule has 0 fully saturated rings. The number of nitrogens with one attached hydrogen (secondary N) is 2. The van der Waals surface area contributed by atoms with Crippen molar-refractivity contribution >= 4 is 11.8 Å². The Labute approximate surface area is 169 Å². The second kappa shape index (κ2) is 12.0. The molecule has 150 valence electrons. The first-order valence-electron chi connectivity index (χ1n) is 8.81. The second-order valence-corrected chi connectivity index (χ2v) is 5.81. The average Bonchev–Trinajstić information content (AvgIpc) is 2.76. The van der Waals surface area contributed by atoms with Crippen LogP contribution in [0.15, 0.2) is 66.4 Å². The zero-order valence-corrected chi connectivity index (χ0v) is 16.0. The van der Waals surface area contributed by atoms with Crippen molar-refractivity contribution in [1.29, 1.82) is 0 Å². The van der Waals surface area contributed by atoms with Gasteiger partial charge in [0.2, 0.25) is 0 Å². The predicted molar refractivity (Wildman–Crippen MR) is 107 cm³/mol. The topological polar surface area (TPSA) is 96.9 Å². The van der Waals surface area contributed by atoms with Gasteiger partial charge in [0.15, 0.2) is 5.76 Å². The van der Waals surface area contributed by atoms with Gasteiger partial charge in [-0.25, -0.2) is 5.48 Å². The summed E-state index contributed by atoms with van der Waals surface area (Å²) in [5.41, 5.74) is 3.62. The summed E-state index contributed by atoms with van der Waals surface area (Å²) in [6.45, 7) is 0.538. The Hall–Kier alpha value is -3.60. The maximum atomic E-state index is 12.2. The first kappa shape index (κ1) is 21.7. The third kappa shape index (κ3) is 7.50. The van der Waals surface area contributed by atoms with Gasteiger partial charge in [-0.3, -0.25) is 14.8 Å². The highest BCUT2D eigenvalue weighted by atomic mass is 16.5. The second-order valence-electron chi connectivity index (χ2n) is 5.81. The number of ether oxygens (including phenoxy) is 2. The lowest BCUT2D eigenvalue weighted by Gasteiger charge is -2.09. The maximum Gasteiger partial charge on any atom is 0.309 e. The Balaban J connectivity index is 1.92. The molecule has 0 saturated heterocycles. The highest BCUT2D eigenvalue weighted by Crippen LogP contribution is 2.07. The zero-order valence-electron chi connectivity index (χ0n) is 16.0. The molecule has 2 amide bonds. The summed E-state index contributed by atoms with van der Waals surface area (Å²) in [7, 11) is 1.57. The van der Waals surface area contributed by atoms with Gasteiger partial charge in [0, 0.05) is 24.8 Å². The van der Waals surface area contributed by atoms with Crippen LogP contribution in [-0.2, 0) is 20.9 Å². The Kier molecular flexibility index (Phi) is 8.96. The Morgan fingerprint density at radius 1 is 1.10 bits per heavy atom. The monoisotopic (exact) mass is 394 g/mol. The van der Waals surface area contributed by atoms with Crippen LogP contribution in [-0.4, -0.2) is 37.3 Å². The van der Waals surface area contributed by atoms with Crippen LogP contribution in [0.25, 0.3) is 0 Å². The van der Waals surface area contributed by atoms with Crippen LogP contribution >= 0.6 is 0 Å². The Morgan fingerprint density at radius 2 is 1.83 bits per heavy atom. The molecule has 0 bridgehead atoms. The molecule has 0 saturated carbocycles. The van der Waals surface area contributed by atoms with Crippen molar-refractivity contribution in [2.45, 2.75) is 6.61 Å². The van der Waals surface area contributed by atoms with E-state index in [2.05, 4.69) is 17.2 Å². The van der Waals surface area contributed by atoms with Gasteiger partial charge in [-0.15, -0.1) is 0 Å². The molecule has 2 aromatic carbocycles. The molecular weight excluding hydrogens is 372 g/mol. The van der Waals surface area contributed by atoms with Crippen molar-refractivity contribution in [3.63, 3.8) is 0 Å². The van der Waals surface area contributed by atoms with E-state index < -0.39 is 5.91 Å². The van der Waals surface area contributed by atoms with Crippen LogP contribution in [0.3, 0.4) is 0 Å². The first-order chi connectivity index (χ1) is 14.1. The third-order valence-corrected chi connectivity index (χ3v) is 3.71. The minimum atomic E-state index is -0.797. The van der Waals surface area contributed by atoms with Crippen LogP contribution in [0.1, 0.15) is 21.5 Å². The van der Waals surface area contributed by atoms with Crippen molar-refractivity contribution in [2.24, 2.45) is 0 Å². The largest absolute Gasteiger partial charge is 0.483 e. The number of hydrogen-bond acceptors (Lipinski definition) is 5. The summed E-state index contributed by atoms with van der Waals surface area (Å²) < 4.78 is 10.3. The summed E-state index contributed by atoms with van der Waals surface area (Å²) >= 11 is 0. The maximum absolute atomic E-state index is 12.2. The van der Waals surface area contributed by atoms with E-state index in [4.69, 9.17) is 14.7 Å². The molecule has 0 aliphatic rings. The van der Waals surface area contributed by atoms with Crippen LogP contribution in [0, 0.1) is 11.8 Å². The first-order valence-corrected chi connectivity index (χ1v) is 8.81. The van der Waals surface area contributed by atoms with Crippen molar-refractivity contribution in [3.05, 3.63) is 83.1 Å². The molecule has 2 rings (SSSR count). The molecule has 2 aromatic rings. The zero-order chi connectivity index (χ0) is 20.9. The van der Waals surface area contributed by atoms with Gasteiger partial charge in [-0.05, 0) is 35.9 Å². The van der Waals surface area contributed by atoms with Crippen molar-refractivity contribution in [2.75, 3.05) is 20.3 Å². The highest BCUT2D eigenvalue weighted by molar-refractivity contribution is 5.94. The fraction of sp³-hybridized carbons (Fsp3) is 0.182. The van der Waals surface area contributed by atoms with Gasteiger partial charge in [-0.2, -0.15) is 0 Å². The fourth-order valence-electron chi connectivity index (χ4n) is 2.26. The minimum Gasteiger partial charge on any atom is -0.483 e. The van der Waals surface area contributed by atoms with E-state index in [1.165, 1.54) is 11.6 Å². The Bertz CT molecular complexity index is 896. The van der Waals surface area contributed by atoms with E-state index in [0.29, 0.717) is 12.2 Å². The lowest BCUT2D eigenvalue weighted by atomic mass is 10.1. The van der Waals surface area contributed by atoms with Crippen molar-refractivity contribution in [1.82, 2.24) is 10.8 Å². The minimum absolute atomic E-state index is 0.0474. The predicted octanol–water partition coefficient (Wildman–Crippen LogP) is 2.02. The van der Waals surface area contributed by atoms with E-state index in [1.807, 2.05) is 30.3 Å². The van der Waals surface area contributed by atoms with Crippen LogP contribution < -0.4 is 10.8 Å². The summed E-state index contributed by atoms with van der Waals surface area (Å²) in [6, 6.07) is 16.0. The number of hydrogen-bond donors (Lipinski definition) is 3. The fourth-order valence-corrected chi connectivity index (χ4v) is 2.26. The molecule has 29 heavy (non-hydrogen) atoms. The number of rotatable bonds is 8. The Morgan fingerprint density at radius 3 is 2.48 bits per heavy atom. The van der Waals surface area contributed by atoms with Gasteiger partial charge < -0.3 is 14.8 Å². The number of carbonyl (C=O) groups is 2. The molecule has 0 heterocycles. The lowest BCUT2D eigenvalue weighted by molar-refractivity contribution is -0.129. The van der Waals surface area contributed by atoms with E-state index in [-0.39, 0.29) is 24.8 Å². The van der Waals surface area contributed by atoms with E-state index in [0.717, 1.165) is 11.1 Å². The van der Waals surface area contributed by atoms with Crippen LogP contribution in [0.2, 0.25) is 0 Å². The molecule has 0 spiro atoms. The molecular formula is C22H22N2O5. The molecule has 3 N–H and O–H groups in total. The van der Waals surface area contributed by atoms with E-state index in [9.17, 15) is 9.59 Å². The van der Waals surface area contributed by atoms with Gasteiger partial charge >= 0.3 is 5.91 Å². The molecule has 0 aliphatic carbocycles. The van der Waals surface area contributed by atoms with Crippen molar-refractivity contribution < 1.29 is 24.3 Å². The SMILES string of the molecule is COCC#Cc1ccc(C(=O)NC/C=C(\OCc2ccccc2)C(=O)NO)cc1. The van der Waals surface area contributed by atoms with Crippen LogP contribution in [0.5, 0.6) is 0 Å². The van der Waals surface area contributed by atoms with E-state index in [1.54, 1.807) is 31.4 Å². The summed E-state index contributed by atoms with van der Waals surface area (Å²) in [6.07, 6.45) is 1.39. The van der Waals surface area contributed by atoms with Gasteiger partial charge in [0.25, 0.3) is 5.91 Å². The number of benzene rings is 2. The van der Waals surface area contributed by atoms with E-state index >= 15 is 0 Å². The smallest absolute Gasteiger partial charge is 0.309 e. The van der Waals surface area contributed by atoms with Crippen LogP contribution in [0.4, 0.5) is 0 Å². The number of amides is 2. The summed E-state index contributed by atoms with van der Waals surface area (Å²) in [4.78, 5) is 24.0. The third-order valence-electron chi connectivity index (χ3n) is 3.71. The summed E-state index contributed by atoms with van der Waals surface area (Å²) in [5.74, 6) is 4.54. The van der Waals surface area contributed by atoms with Crippen molar-refractivity contribution in [3.8, 4) is 11.8 Å². The lowest BCUT2D eigenvalue weighted by Crippen LogP contribution is -2.26. The molecule has 0 aromatic heterocycles. The number of carbonyl (C=O) groups excluding carboxylic acids is 2. The summed E-state index contributed by atoms with van der Waals surface area (Å²) in [5, 5.41) is 11.5. The normalized spacial score (nSPS) is 10.5. The standard InChI is InChI=1S/C22H22N2O5/c1-28-15-5-8-17-9-11-19(12-10-17)21(25)23-14-13-20(22(26)24-27)29-16-18-6-3-2-4-7-18/h2-4,6-7,9-13,27H,14-16H2,1H3,(H,23,25)(H,24,26)/b20-13-. The average molecular weight is 394 g/mol. The number of hydroxylamine groups is 1. The van der Waals surface area contributed by atoms with Gasteiger partial charge in [0.1, 0.15) is 13.2 Å². The molecule has 0 atom stereocenters. The van der Waals surface area contributed by atoms with Gasteiger partial charge in [-0.1, -0.05) is 42.2 Å². The number of methoxy groups -OCH3 is 1. The highest BCUT2D eigenvalue weighted by Gasteiger charge is 2.11. The van der Waals surface area contributed by atoms with Gasteiger partial charge in [0.05, 0.1) is 0 Å². The molecule has 0 unspecified atom stereocenters. The quantitative estimate of drug-likeness (QED) is 0.209.